The van der Waals surface area contributed by atoms with Gasteiger partial charge in [0.15, 0.2) is 0 Å². The lowest BCUT2D eigenvalue weighted by Gasteiger charge is -2.23. The Kier molecular flexibility index (Phi) is 5.29. The SMILES string of the molecule is Cc1ccc(N2CCNC2=O)cc1NC(=O)N(C)CCN1CCCC1=O. The van der Waals surface area contributed by atoms with Crippen LogP contribution in [0.2, 0.25) is 0 Å². The molecule has 2 fully saturated rings. The van der Waals surface area contributed by atoms with Crippen molar-refractivity contribution in [2.45, 2.75) is 19.8 Å². The third kappa shape index (κ3) is 3.89. The number of nitrogens with one attached hydrogen (secondary N) is 2. The normalized spacial score (nSPS) is 16.8. The lowest BCUT2D eigenvalue weighted by atomic mass is 10.1. The second kappa shape index (κ2) is 7.63. The van der Waals surface area contributed by atoms with Gasteiger partial charge in [0.2, 0.25) is 5.91 Å². The maximum Gasteiger partial charge on any atom is 0.321 e. The van der Waals surface area contributed by atoms with Crippen molar-refractivity contribution < 1.29 is 14.4 Å². The Hall–Kier alpha value is -2.77. The lowest BCUT2D eigenvalue weighted by molar-refractivity contribution is -0.127. The van der Waals surface area contributed by atoms with Gasteiger partial charge in [0.1, 0.15) is 0 Å². The van der Waals surface area contributed by atoms with Crippen LogP contribution in [-0.4, -0.2) is 67.5 Å². The number of hydrogen-bond donors (Lipinski definition) is 2. The Balaban J connectivity index is 1.60. The number of likely N-dealkylation sites (N-methyl/N-ethyl adjacent to an activating group) is 1. The second-order valence-corrected chi connectivity index (χ2v) is 6.72. The van der Waals surface area contributed by atoms with Crippen LogP contribution in [0.4, 0.5) is 21.0 Å². The Morgan fingerprint density at radius 3 is 2.77 bits per heavy atom. The summed E-state index contributed by atoms with van der Waals surface area (Å²) in [5.74, 6) is 0.159. The Labute approximate surface area is 153 Å². The number of amides is 5. The molecule has 0 spiro atoms. The molecule has 8 nitrogen and oxygen atoms in total. The van der Waals surface area contributed by atoms with Crippen molar-refractivity contribution in [3.8, 4) is 0 Å². The first-order valence-corrected chi connectivity index (χ1v) is 8.91. The van der Waals surface area contributed by atoms with Crippen molar-refractivity contribution in [3.63, 3.8) is 0 Å². The molecule has 0 radical (unpaired) electrons. The molecule has 0 atom stereocenters. The molecule has 2 saturated heterocycles. The first-order chi connectivity index (χ1) is 12.5. The van der Waals surface area contributed by atoms with Gasteiger partial charge in [-0.15, -0.1) is 0 Å². The topological polar surface area (TPSA) is 85.0 Å². The minimum atomic E-state index is -0.234. The third-order valence-corrected chi connectivity index (χ3v) is 4.85. The fraction of sp³-hybridized carbons (Fsp3) is 0.500. The summed E-state index contributed by atoms with van der Waals surface area (Å²) in [7, 11) is 1.71. The highest BCUT2D eigenvalue weighted by Crippen LogP contribution is 2.24. The van der Waals surface area contributed by atoms with E-state index in [-0.39, 0.29) is 18.0 Å². The van der Waals surface area contributed by atoms with Crippen molar-refractivity contribution in [1.29, 1.82) is 0 Å². The van der Waals surface area contributed by atoms with Gasteiger partial charge >= 0.3 is 12.1 Å². The number of anilines is 2. The van der Waals surface area contributed by atoms with Gasteiger partial charge in [0.05, 0.1) is 0 Å². The molecule has 2 aliphatic rings. The molecule has 8 heteroatoms. The van der Waals surface area contributed by atoms with Gasteiger partial charge in [-0.05, 0) is 31.0 Å². The number of likely N-dealkylation sites (tertiary alicyclic amines) is 1. The van der Waals surface area contributed by atoms with Gasteiger partial charge in [-0.1, -0.05) is 6.07 Å². The summed E-state index contributed by atoms with van der Waals surface area (Å²) in [5, 5.41) is 5.67. The van der Waals surface area contributed by atoms with Gasteiger partial charge in [-0.25, -0.2) is 9.59 Å². The number of carbonyl (C=O) groups excluding carboxylic acids is 3. The highest BCUT2D eigenvalue weighted by atomic mass is 16.2. The molecule has 3 rings (SSSR count). The van der Waals surface area contributed by atoms with E-state index in [0.717, 1.165) is 24.2 Å². The highest BCUT2D eigenvalue weighted by molar-refractivity contribution is 5.96. The van der Waals surface area contributed by atoms with E-state index in [1.807, 2.05) is 25.1 Å². The van der Waals surface area contributed by atoms with Crippen LogP contribution in [0.1, 0.15) is 18.4 Å². The smallest absolute Gasteiger partial charge is 0.321 e. The number of rotatable bonds is 5. The monoisotopic (exact) mass is 359 g/mol. The molecule has 0 aliphatic carbocycles. The van der Waals surface area contributed by atoms with Crippen LogP contribution in [0, 0.1) is 6.92 Å². The average molecular weight is 359 g/mol. The molecule has 2 heterocycles. The predicted octanol–water partition coefficient (Wildman–Crippen LogP) is 1.61. The predicted molar refractivity (Wildman–Crippen MR) is 99.4 cm³/mol. The molecule has 1 aromatic carbocycles. The minimum absolute atomic E-state index is 0.126. The van der Waals surface area contributed by atoms with Crippen molar-refractivity contribution >= 4 is 29.3 Å². The van der Waals surface area contributed by atoms with Crippen LogP contribution in [0.25, 0.3) is 0 Å². The van der Waals surface area contributed by atoms with Crippen LogP contribution < -0.4 is 15.5 Å². The second-order valence-electron chi connectivity index (χ2n) is 6.72. The molecule has 0 saturated carbocycles. The zero-order chi connectivity index (χ0) is 18.7. The third-order valence-electron chi connectivity index (χ3n) is 4.85. The van der Waals surface area contributed by atoms with E-state index in [1.54, 1.807) is 21.7 Å². The van der Waals surface area contributed by atoms with Crippen LogP contribution in [-0.2, 0) is 4.79 Å². The molecule has 26 heavy (non-hydrogen) atoms. The average Bonchev–Trinajstić information content (AvgIpc) is 3.22. The zero-order valence-corrected chi connectivity index (χ0v) is 15.2. The lowest BCUT2D eigenvalue weighted by Crippen LogP contribution is -2.39. The summed E-state index contributed by atoms with van der Waals surface area (Å²) in [5.41, 5.74) is 2.35. The first-order valence-electron chi connectivity index (χ1n) is 8.91. The Morgan fingerprint density at radius 1 is 1.31 bits per heavy atom. The summed E-state index contributed by atoms with van der Waals surface area (Å²) < 4.78 is 0. The molecule has 0 bridgehead atoms. The van der Waals surface area contributed by atoms with Crippen molar-refractivity contribution in [2.75, 3.05) is 50.0 Å². The molecule has 0 aromatic heterocycles. The van der Waals surface area contributed by atoms with E-state index in [0.29, 0.717) is 38.3 Å². The maximum absolute atomic E-state index is 12.5. The van der Waals surface area contributed by atoms with E-state index in [2.05, 4.69) is 10.6 Å². The Bertz CT molecular complexity index is 721. The molecule has 140 valence electrons. The summed E-state index contributed by atoms with van der Waals surface area (Å²) in [6, 6.07) is 5.22. The molecular formula is C18H25N5O3. The van der Waals surface area contributed by atoms with Crippen LogP contribution in [0.5, 0.6) is 0 Å². The van der Waals surface area contributed by atoms with E-state index in [4.69, 9.17) is 0 Å². The fourth-order valence-corrected chi connectivity index (χ4v) is 3.15. The molecule has 2 N–H and O–H groups in total. The van der Waals surface area contributed by atoms with E-state index in [9.17, 15) is 14.4 Å². The van der Waals surface area contributed by atoms with Crippen LogP contribution in [0.3, 0.4) is 0 Å². The number of hydrogen-bond acceptors (Lipinski definition) is 3. The van der Waals surface area contributed by atoms with Crippen molar-refractivity contribution in [2.24, 2.45) is 0 Å². The first kappa shape index (κ1) is 18.0. The zero-order valence-electron chi connectivity index (χ0n) is 15.2. The van der Waals surface area contributed by atoms with E-state index < -0.39 is 0 Å². The molecule has 5 amide bonds. The number of aryl methyl sites for hydroxylation is 1. The maximum atomic E-state index is 12.5. The minimum Gasteiger partial charge on any atom is -0.341 e. The number of urea groups is 2. The van der Waals surface area contributed by atoms with Gasteiger partial charge in [-0.2, -0.15) is 0 Å². The summed E-state index contributed by atoms with van der Waals surface area (Å²) in [6.07, 6.45) is 1.50. The molecular weight excluding hydrogens is 334 g/mol. The van der Waals surface area contributed by atoms with Crippen LogP contribution >= 0.6 is 0 Å². The standard InChI is InChI=1S/C18H25N5O3/c1-13-5-6-14(23-9-7-19-17(23)25)12-15(13)20-18(26)21(2)10-11-22-8-3-4-16(22)24/h5-6,12H,3-4,7-11H2,1-2H3,(H,19,25)(H,20,26). The number of nitrogens with zero attached hydrogens (tertiary/aromatic N) is 3. The molecule has 0 unspecified atom stereocenters. The van der Waals surface area contributed by atoms with Gasteiger partial charge in [0, 0.05) is 57.6 Å². The van der Waals surface area contributed by atoms with Gasteiger partial charge in [0.25, 0.3) is 0 Å². The molecule has 1 aromatic rings. The van der Waals surface area contributed by atoms with Crippen molar-refractivity contribution in [3.05, 3.63) is 23.8 Å². The molecule has 2 aliphatic heterocycles. The van der Waals surface area contributed by atoms with E-state index >= 15 is 0 Å². The largest absolute Gasteiger partial charge is 0.341 e. The Morgan fingerprint density at radius 2 is 2.12 bits per heavy atom. The quantitative estimate of drug-likeness (QED) is 0.838. The fourth-order valence-electron chi connectivity index (χ4n) is 3.15. The van der Waals surface area contributed by atoms with Crippen molar-refractivity contribution in [1.82, 2.24) is 15.1 Å². The number of carbonyl (C=O) groups is 3. The van der Waals surface area contributed by atoms with Gasteiger partial charge in [-0.3, -0.25) is 9.69 Å². The van der Waals surface area contributed by atoms with Crippen LogP contribution in [0.15, 0.2) is 18.2 Å². The summed E-state index contributed by atoms with van der Waals surface area (Å²) in [4.78, 5) is 41.0. The highest BCUT2D eigenvalue weighted by Gasteiger charge is 2.23. The van der Waals surface area contributed by atoms with Gasteiger partial charge < -0.3 is 20.4 Å². The summed E-state index contributed by atoms with van der Waals surface area (Å²) in [6.45, 7) is 4.94. The van der Waals surface area contributed by atoms with E-state index in [1.165, 1.54) is 0 Å². The number of benzene rings is 1. The summed E-state index contributed by atoms with van der Waals surface area (Å²) >= 11 is 0.